The van der Waals surface area contributed by atoms with Gasteiger partial charge in [0, 0.05) is 24.7 Å². The highest BCUT2D eigenvalue weighted by atomic mass is 35.5. The Hall–Kier alpha value is -1.30. The number of amides is 1. The third-order valence-corrected chi connectivity index (χ3v) is 3.69. The van der Waals surface area contributed by atoms with E-state index in [4.69, 9.17) is 26.8 Å². The van der Waals surface area contributed by atoms with Crippen molar-refractivity contribution in [3.8, 4) is 5.75 Å². The fourth-order valence-electron chi connectivity index (χ4n) is 2.04. The molecule has 2 rings (SSSR count). The first-order chi connectivity index (χ1) is 10.1. The first-order valence-corrected chi connectivity index (χ1v) is 7.44. The summed E-state index contributed by atoms with van der Waals surface area (Å²) in [4.78, 5) is 12.3. The maximum Gasteiger partial charge on any atom is 0.255 e. The summed E-state index contributed by atoms with van der Waals surface area (Å²) in [5.74, 6) is 0.817. The summed E-state index contributed by atoms with van der Waals surface area (Å²) in [6.07, 6.45) is 2.30. The van der Waals surface area contributed by atoms with Crippen LogP contribution in [-0.4, -0.2) is 38.8 Å². The molecule has 1 saturated carbocycles. The smallest absolute Gasteiger partial charge is 0.255 e. The Morgan fingerprint density at radius 3 is 2.90 bits per heavy atom. The molecule has 0 spiro atoms. The fraction of sp³-hybridized carbons (Fsp3) is 0.533. The van der Waals surface area contributed by atoms with Crippen LogP contribution >= 0.6 is 11.6 Å². The van der Waals surface area contributed by atoms with Gasteiger partial charge in [0.25, 0.3) is 5.91 Å². The number of nitrogens with two attached hydrogens (primary N) is 1. The van der Waals surface area contributed by atoms with Crippen molar-refractivity contribution in [1.82, 2.24) is 5.32 Å². The molecule has 116 valence electrons. The van der Waals surface area contributed by atoms with E-state index in [1.54, 1.807) is 25.3 Å². The topological polar surface area (TPSA) is 73.6 Å². The molecular formula is C15H21ClN2O3. The van der Waals surface area contributed by atoms with Crippen LogP contribution in [0.3, 0.4) is 0 Å². The van der Waals surface area contributed by atoms with Crippen LogP contribution in [0.4, 0.5) is 0 Å². The molecule has 0 radical (unpaired) electrons. The summed E-state index contributed by atoms with van der Waals surface area (Å²) in [5, 5.41) is 3.34. The van der Waals surface area contributed by atoms with E-state index in [1.165, 1.54) is 0 Å². The van der Waals surface area contributed by atoms with Crippen molar-refractivity contribution in [2.75, 3.05) is 26.9 Å². The molecular weight excluding hydrogens is 292 g/mol. The summed E-state index contributed by atoms with van der Waals surface area (Å²) >= 11 is 5.96. The van der Waals surface area contributed by atoms with Crippen molar-refractivity contribution in [2.24, 2.45) is 11.7 Å². The number of benzene rings is 1. The fourth-order valence-corrected chi connectivity index (χ4v) is 2.21. The predicted molar refractivity (Wildman–Crippen MR) is 81.9 cm³/mol. The van der Waals surface area contributed by atoms with E-state index in [2.05, 4.69) is 5.32 Å². The first kappa shape index (κ1) is 16.1. The molecule has 3 N–H and O–H groups in total. The van der Waals surface area contributed by atoms with Gasteiger partial charge in [-0.05, 0) is 37.0 Å². The monoisotopic (exact) mass is 312 g/mol. The van der Waals surface area contributed by atoms with Crippen molar-refractivity contribution >= 4 is 17.5 Å². The van der Waals surface area contributed by atoms with Gasteiger partial charge in [0.15, 0.2) is 0 Å². The van der Waals surface area contributed by atoms with Crippen LogP contribution in [0.2, 0.25) is 5.02 Å². The minimum absolute atomic E-state index is 0.0194. The van der Waals surface area contributed by atoms with Crippen LogP contribution in [0.5, 0.6) is 5.75 Å². The molecule has 0 aromatic heterocycles. The zero-order valence-electron chi connectivity index (χ0n) is 12.1. The summed E-state index contributed by atoms with van der Waals surface area (Å²) in [6.45, 7) is 1.30. The van der Waals surface area contributed by atoms with E-state index in [0.29, 0.717) is 42.0 Å². The molecule has 1 fully saturated rings. The Kier molecular flexibility index (Phi) is 5.85. The van der Waals surface area contributed by atoms with Crippen LogP contribution in [0, 0.1) is 5.92 Å². The lowest BCUT2D eigenvalue weighted by Crippen LogP contribution is -2.38. The molecule has 1 atom stereocenters. The highest BCUT2D eigenvalue weighted by Crippen LogP contribution is 2.31. The van der Waals surface area contributed by atoms with Crippen molar-refractivity contribution < 1.29 is 14.3 Å². The molecule has 1 amide bonds. The molecule has 0 aliphatic heterocycles. The average molecular weight is 313 g/mol. The lowest BCUT2D eigenvalue weighted by atomic mass is 10.1. The largest absolute Gasteiger partial charge is 0.490 e. The minimum atomic E-state index is -0.221. The summed E-state index contributed by atoms with van der Waals surface area (Å²) < 4.78 is 10.5. The second-order valence-electron chi connectivity index (χ2n) is 5.19. The number of hydrogen-bond donors (Lipinski definition) is 2. The molecule has 1 unspecified atom stereocenters. The van der Waals surface area contributed by atoms with E-state index >= 15 is 0 Å². The number of methoxy groups -OCH3 is 1. The Morgan fingerprint density at radius 2 is 2.24 bits per heavy atom. The van der Waals surface area contributed by atoms with E-state index in [9.17, 15) is 4.79 Å². The lowest BCUT2D eigenvalue weighted by molar-refractivity contribution is 0.0942. The van der Waals surface area contributed by atoms with Gasteiger partial charge in [-0.3, -0.25) is 4.79 Å². The molecule has 1 aliphatic carbocycles. The van der Waals surface area contributed by atoms with Gasteiger partial charge in [-0.15, -0.1) is 0 Å². The van der Waals surface area contributed by atoms with Gasteiger partial charge in [0.05, 0.1) is 12.2 Å². The van der Waals surface area contributed by atoms with Crippen molar-refractivity contribution in [1.29, 1.82) is 0 Å². The highest BCUT2D eigenvalue weighted by molar-refractivity contribution is 6.31. The highest BCUT2D eigenvalue weighted by Gasteiger charge is 2.28. The van der Waals surface area contributed by atoms with Crippen molar-refractivity contribution in [3.63, 3.8) is 0 Å². The third-order valence-electron chi connectivity index (χ3n) is 3.46. The van der Waals surface area contributed by atoms with Gasteiger partial charge in [-0.25, -0.2) is 0 Å². The SMILES string of the molecule is COCCOc1ccc(Cl)cc1C(=O)NCC(N)C1CC1. The minimum Gasteiger partial charge on any atom is -0.490 e. The molecule has 0 heterocycles. The Morgan fingerprint density at radius 1 is 1.48 bits per heavy atom. The molecule has 1 aliphatic rings. The Labute approximate surface area is 129 Å². The summed E-state index contributed by atoms with van der Waals surface area (Å²) in [7, 11) is 1.60. The molecule has 1 aromatic rings. The maximum absolute atomic E-state index is 12.3. The van der Waals surface area contributed by atoms with Crippen molar-refractivity contribution in [3.05, 3.63) is 28.8 Å². The number of ether oxygens (including phenoxy) is 2. The molecule has 0 saturated heterocycles. The summed E-state index contributed by atoms with van der Waals surface area (Å²) in [5.41, 5.74) is 6.40. The van der Waals surface area contributed by atoms with E-state index < -0.39 is 0 Å². The number of halogens is 1. The standard InChI is InChI=1S/C15H21ClN2O3/c1-20-6-7-21-14-5-4-11(16)8-12(14)15(19)18-9-13(17)10-2-3-10/h4-5,8,10,13H,2-3,6-7,9,17H2,1H3,(H,18,19). The van der Waals surface area contributed by atoms with E-state index in [-0.39, 0.29) is 11.9 Å². The van der Waals surface area contributed by atoms with Crippen LogP contribution in [0.15, 0.2) is 18.2 Å². The Balaban J connectivity index is 1.97. The third kappa shape index (κ3) is 4.88. The van der Waals surface area contributed by atoms with Crippen LogP contribution in [0.1, 0.15) is 23.2 Å². The predicted octanol–water partition coefficient (Wildman–Crippen LogP) is 1.83. The molecule has 6 heteroatoms. The van der Waals surface area contributed by atoms with Crippen LogP contribution < -0.4 is 15.8 Å². The number of nitrogens with one attached hydrogen (secondary N) is 1. The maximum atomic E-state index is 12.3. The van der Waals surface area contributed by atoms with E-state index in [0.717, 1.165) is 12.8 Å². The molecule has 1 aromatic carbocycles. The van der Waals surface area contributed by atoms with Gasteiger partial charge in [0.1, 0.15) is 12.4 Å². The first-order valence-electron chi connectivity index (χ1n) is 7.07. The number of rotatable bonds is 8. The zero-order valence-corrected chi connectivity index (χ0v) is 12.9. The number of carbonyl (C=O) groups excluding carboxylic acids is 1. The van der Waals surface area contributed by atoms with Gasteiger partial charge in [-0.2, -0.15) is 0 Å². The van der Waals surface area contributed by atoms with Crippen LogP contribution in [-0.2, 0) is 4.74 Å². The van der Waals surface area contributed by atoms with Gasteiger partial charge in [-0.1, -0.05) is 11.6 Å². The summed E-state index contributed by atoms with van der Waals surface area (Å²) in [6, 6.07) is 5.00. The number of hydrogen-bond acceptors (Lipinski definition) is 4. The molecule has 5 nitrogen and oxygen atoms in total. The number of carbonyl (C=O) groups is 1. The van der Waals surface area contributed by atoms with Crippen LogP contribution in [0.25, 0.3) is 0 Å². The second-order valence-corrected chi connectivity index (χ2v) is 5.63. The lowest BCUT2D eigenvalue weighted by Gasteiger charge is -2.14. The van der Waals surface area contributed by atoms with Gasteiger partial charge in [0.2, 0.25) is 0 Å². The van der Waals surface area contributed by atoms with E-state index in [1.807, 2.05) is 0 Å². The van der Waals surface area contributed by atoms with Gasteiger partial charge < -0.3 is 20.5 Å². The normalized spacial score (nSPS) is 15.6. The quantitative estimate of drug-likeness (QED) is 0.718. The van der Waals surface area contributed by atoms with Crippen molar-refractivity contribution in [2.45, 2.75) is 18.9 Å². The van der Waals surface area contributed by atoms with Gasteiger partial charge >= 0.3 is 0 Å². The second kappa shape index (κ2) is 7.64. The zero-order chi connectivity index (χ0) is 15.2. The molecule has 0 bridgehead atoms. The molecule has 21 heavy (non-hydrogen) atoms. The average Bonchev–Trinajstić information content (AvgIpc) is 3.30. The Bertz CT molecular complexity index is 492.